The number of nitrogens with zero attached hydrogens (tertiary/aromatic N) is 3. The van der Waals surface area contributed by atoms with Gasteiger partial charge < -0.3 is 9.47 Å². The summed E-state index contributed by atoms with van der Waals surface area (Å²) in [6.45, 7) is 2.53. The van der Waals surface area contributed by atoms with E-state index < -0.39 is 10.0 Å². The highest BCUT2D eigenvalue weighted by atomic mass is 32.2. The number of sulfonamides is 1. The number of hydrogen-bond acceptors (Lipinski definition) is 6. The third-order valence-electron chi connectivity index (χ3n) is 3.89. The fraction of sp³-hybridized carbons (Fsp3) is 0.375. The Bertz CT molecular complexity index is 811. The van der Waals surface area contributed by atoms with Gasteiger partial charge in [0.05, 0.1) is 13.7 Å². The van der Waals surface area contributed by atoms with Crippen LogP contribution in [0.3, 0.4) is 0 Å². The fourth-order valence-corrected chi connectivity index (χ4v) is 4.38. The third-order valence-corrected chi connectivity index (χ3v) is 5.77. The molecule has 0 saturated carbocycles. The van der Waals surface area contributed by atoms with Crippen molar-refractivity contribution < 1.29 is 17.9 Å². The number of benzene rings is 1. The van der Waals surface area contributed by atoms with Crippen molar-refractivity contribution >= 4 is 10.0 Å². The summed E-state index contributed by atoms with van der Waals surface area (Å²) in [6, 6.07) is 6.78. The second-order valence-electron chi connectivity index (χ2n) is 5.59. The minimum absolute atomic E-state index is 0.188. The lowest BCUT2D eigenvalue weighted by Crippen LogP contribution is -2.31. The van der Waals surface area contributed by atoms with Crippen LogP contribution in [0.5, 0.6) is 11.6 Å². The molecule has 7 nitrogen and oxygen atoms in total. The first-order valence-corrected chi connectivity index (χ1v) is 9.02. The van der Waals surface area contributed by atoms with E-state index in [1.54, 1.807) is 24.4 Å². The lowest BCUT2D eigenvalue weighted by atomic mass is 10.2. The molecule has 1 fully saturated rings. The highest BCUT2D eigenvalue weighted by Gasteiger charge is 2.35. The summed E-state index contributed by atoms with van der Waals surface area (Å²) in [7, 11) is -2.17. The quantitative estimate of drug-likeness (QED) is 0.816. The van der Waals surface area contributed by atoms with Gasteiger partial charge >= 0.3 is 0 Å². The van der Waals surface area contributed by atoms with Crippen LogP contribution in [0.25, 0.3) is 0 Å². The number of ether oxygens (including phenoxy) is 2. The van der Waals surface area contributed by atoms with Gasteiger partial charge in [0.15, 0.2) is 0 Å². The lowest BCUT2D eigenvalue weighted by Gasteiger charge is -2.19. The molecule has 1 aromatic carbocycles. The zero-order valence-electron chi connectivity index (χ0n) is 13.5. The number of rotatable bonds is 5. The first-order chi connectivity index (χ1) is 11.5. The zero-order valence-corrected chi connectivity index (χ0v) is 14.4. The van der Waals surface area contributed by atoms with Crippen molar-refractivity contribution in [2.24, 2.45) is 0 Å². The molecule has 24 heavy (non-hydrogen) atoms. The van der Waals surface area contributed by atoms with Gasteiger partial charge in [0.1, 0.15) is 23.1 Å². The number of hydrogen-bond donors (Lipinski definition) is 0. The summed E-state index contributed by atoms with van der Waals surface area (Å²) < 4.78 is 38.2. The normalized spacial score (nSPS) is 18.5. The summed E-state index contributed by atoms with van der Waals surface area (Å²) in [5, 5.41) is 0. The molecule has 0 amide bonds. The van der Waals surface area contributed by atoms with Gasteiger partial charge in [-0.25, -0.2) is 18.4 Å². The van der Waals surface area contributed by atoms with Crippen LogP contribution >= 0.6 is 0 Å². The lowest BCUT2D eigenvalue weighted by molar-refractivity contribution is 0.206. The standard InChI is InChI=1S/C16H19N3O4S/c1-12-3-4-14(22-2)15(9-12)24(20,21)19-8-6-13(10-19)23-16-5-7-17-11-18-16/h3-5,7,9,11,13H,6,8,10H2,1-2H3/t13-/m1/s1. The minimum atomic E-state index is -3.63. The van der Waals surface area contributed by atoms with Gasteiger partial charge in [-0.2, -0.15) is 4.31 Å². The van der Waals surface area contributed by atoms with Crippen molar-refractivity contribution in [3.63, 3.8) is 0 Å². The van der Waals surface area contributed by atoms with E-state index in [9.17, 15) is 8.42 Å². The molecular weight excluding hydrogens is 330 g/mol. The van der Waals surface area contributed by atoms with Gasteiger partial charge in [-0.05, 0) is 31.0 Å². The van der Waals surface area contributed by atoms with Crippen LogP contribution in [0.1, 0.15) is 12.0 Å². The Balaban J connectivity index is 1.78. The maximum absolute atomic E-state index is 12.9. The average molecular weight is 349 g/mol. The van der Waals surface area contributed by atoms with Crippen molar-refractivity contribution in [2.45, 2.75) is 24.3 Å². The van der Waals surface area contributed by atoms with Crippen molar-refractivity contribution in [2.75, 3.05) is 20.2 Å². The molecule has 2 heterocycles. The van der Waals surface area contributed by atoms with Crippen LogP contribution in [0.2, 0.25) is 0 Å². The van der Waals surface area contributed by atoms with Crippen LogP contribution in [-0.4, -0.2) is 49.0 Å². The molecule has 0 radical (unpaired) electrons. The molecule has 2 aromatic rings. The molecule has 0 bridgehead atoms. The van der Waals surface area contributed by atoms with Crippen molar-refractivity contribution in [3.8, 4) is 11.6 Å². The van der Waals surface area contributed by atoms with Gasteiger partial charge in [-0.1, -0.05) is 6.07 Å². The van der Waals surface area contributed by atoms with Crippen molar-refractivity contribution in [3.05, 3.63) is 42.4 Å². The molecule has 3 rings (SSSR count). The predicted octanol–water partition coefficient (Wildman–Crippen LogP) is 1.64. The molecule has 8 heteroatoms. The van der Waals surface area contributed by atoms with Gasteiger partial charge in [0.25, 0.3) is 0 Å². The van der Waals surface area contributed by atoms with Crippen LogP contribution in [0.4, 0.5) is 0 Å². The summed E-state index contributed by atoms with van der Waals surface area (Å²) in [6.07, 6.45) is 3.36. The molecule has 0 N–H and O–H groups in total. The summed E-state index contributed by atoms with van der Waals surface area (Å²) in [4.78, 5) is 8.02. The monoisotopic (exact) mass is 349 g/mol. The second kappa shape index (κ2) is 6.74. The van der Waals surface area contributed by atoms with Gasteiger partial charge in [-0.15, -0.1) is 0 Å². The van der Waals surface area contributed by atoms with E-state index in [-0.39, 0.29) is 17.5 Å². The Morgan fingerprint density at radius 3 is 2.83 bits per heavy atom. The molecular formula is C16H19N3O4S. The molecule has 1 aliphatic rings. The van der Waals surface area contributed by atoms with Gasteiger partial charge in [0, 0.05) is 18.8 Å². The van der Waals surface area contributed by atoms with Crippen LogP contribution in [0.15, 0.2) is 41.7 Å². The summed E-state index contributed by atoms with van der Waals surface area (Å²) >= 11 is 0. The highest BCUT2D eigenvalue weighted by Crippen LogP contribution is 2.30. The fourth-order valence-electron chi connectivity index (χ4n) is 2.66. The first kappa shape index (κ1) is 16.7. The number of aromatic nitrogens is 2. The zero-order chi connectivity index (χ0) is 17.2. The molecule has 1 saturated heterocycles. The van der Waals surface area contributed by atoms with Gasteiger partial charge in [-0.3, -0.25) is 0 Å². The Morgan fingerprint density at radius 2 is 2.12 bits per heavy atom. The Labute approximate surface area is 141 Å². The number of methoxy groups -OCH3 is 1. The molecule has 0 spiro atoms. The van der Waals surface area contributed by atoms with Crippen molar-refractivity contribution in [1.82, 2.24) is 14.3 Å². The van der Waals surface area contributed by atoms with E-state index in [1.807, 2.05) is 13.0 Å². The maximum atomic E-state index is 12.9. The second-order valence-corrected chi connectivity index (χ2v) is 7.50. The Hall–Kier alpha value is -2.19. The molecule has 1 aromatic heterocycles. The summed E-state index contributed by atoms with van der Waals surface area (Å²) in [5.41, 5.74) is 0.863. The third kappa shape index (κ3) is 3.34. The molecule has 1 atom stereocenters. The highest BCUT2D eigenvalue weighted by molar-refractivity contribution is 7.89. The molecule has 128 valence electrons. The molecule has 0 unspecified atom stereocenters. The van der Waals surface area contributed by atoms with E-state index in [4.69, 9.17) is 9.47 Å². The molecule has 1 aliphatic heterocycles. The Kier molecular flexibility index (Phi) is 4.68. The van der Waals surface area contributed by atoms with E-state index in [1.165, 1.54) is 17.7 Å². The predicted molar refractivity (Wildman–Crippen MR) is 87.6 cm³/mol. The maximum Gasteiger partial charge on any atom is 0.246 e. The summed E-state index contributed by atoms with van der Waals surface area (Å²) in [5.74, 6) is 0.795. The Morgan fingerprint density at radius 1 is 1.29 bits per heavy atom. The van der Waals surface area contributed by atoms with Crippen molar-refractivity contribution in [1.29, 1.82) is 0 Å². The van der Waals surface area contributed by atoms with E-state index >= 15 is 0 Å². The SMILES string of the molecule is COc1ccc(C)cc1S(=O)(=O)N1CC[C@@H](Oc2ccncn2)C1. The van der Waals surface area contributed by atoms with Gasteiger partial charge in [0.2, 0.25) is 15.9 Å². The van der Waals surface area contributed by atoms with E-state index in [2.05, 4.69) is 9.97 Å². The minimum Gasteiger partial charge on any atom is -0.495 e. The average Bonchev–Trinajstić information content (AvgIpc) is 3.05. The smallest absolute Gasteiger partial charge is 0.246 e. The number of aryl methyl sites for hydroxylation is 1. The van der Waals surface area contributed by atoms with Crippen LogP contribution < -0.4 is 9.47 Å². The van der Waals surface area contributed by atoms with Crippen LogP contribution in [0, 0.1) is 6.92 Å². The van der Waals surface area contributed by atoms with E-state index in [0.29, 0.717) is 24.6 Å². The van der Waals surface area contributed by atoms with E-state index in [0.717, 1.165) is 5.56 Å². The first-order valence-electron chi connectivity index (χ1n) is 7.58. The van der Waals surface area contributed by atoms with Crippen LogP contribution in [-0.2, 0) is 10.0 Å². The topological polar surface area (TPSA) is 81.6 Å². The molecule has 0 aliphatic carbocycles. The largest absolute Gasteiger partial charge is 0.495 e.